The fourth-order valence-corrected chi connectivity index (χ4v) is 2.98. The monoisotopic (exact) mass is 227 g/mol. The van der Waals surface area contributed by atoms with Crippen molar-refractivity contribution in [2.24, 2.45) is 11.8 Å². The van der Waals surface area contributed by atoms with E-state index >= 15 is 0 Å². The molecule has 0 saturated heterocycles. The van der Waals surface area contributed by atoms with E-state index in [2.05, 4.69) is 26.1 Å². The molecule has 0 aromatic heterocycles. The summed E-state index contributed by atoms with van der Waals surface area (Å²) in [5, 5.41) is 12.9. The highest BCUT2D eigenvalue weighted by atomic mass is 16.3. The quantitative estimate of drug-likeness (QED) is 0.701. The molecule has 1 saturated carbocycles. The van der Waals surface area contributed by atoms with Crippen LogP contribution in [0.1, 0.15) is 59.3 Å². The Balaban J connectivity index is 2.21. The first-order chi connectivity index (χ1) is 7.61. The van der Waals surface area contributed by atoms with Crippen molar-refractivity contribution in [1.29, 1.82) is 0 Å². The summed E-state index contributed by atoms with van der Waals surface area (Å²) >= 11 is 0. The molecule has 1 fully saturated rings. The normalized spacial score (nSPS) is 21.6. The van der Waals surface area contributed by atoms with Crippen molar-refractivity contribution in [3.63, 3.8) is 0 Å². The van der Waals surface area contributed by atoms with Gasteiger partial charge in [0.2, 0.25) is 0 Å². The Morgan fingerprint density at radius 1 is 1.19 bits per heavy atom. The van der Waals surface area contributed by atoms with Crippen LogP contribution in [0.2, 0.25) is 0 Å². The van der Waals surface area contributed by atoms with E-state index in [0.29, 0.717) is 12.0 Å². The van der Waals surface area contributed by atoms with Gasteiger partial charge in [-0.25, -0.2) is 0 Å². The number of nitrogens with one attached hydrogen (secondary N) is 1. The second kappa shape index (κ2) is 7.29. The van der Waals surface area contributed by atoms with Crippen LogP contribution in [-0.4, -0.2) is 23.8 Å². The summed E-state index contributed by atoms with van der Waals surface area (Å²) in [5.74, 6) is 1.59. The van der Waals surface area contributed by atoms with Gasteiger partial charge >= 0.3 is 0 Å². The Kier molecular flexibility index (Phi) is 6.37. The van der Waals surface area contributed by atoms with Crippen molar-refractivity contribution in [3.05, 3.63) is 0 Å². The van der Waals surface area contributed by atoms with Gasteiger partial charge in [0.1, 0.15) is 0 Å². The summed E-state index contributed by atoms with van der Waals surface area (Å²) in [6, 6.07) is 0.843. The largest absolute Gasteiger partial charge is 0.395 e. The number of hydrogen-bond donors (Lipinski definition) is 2. The Bertz CT molecular complexity index is 176. The topological polar surface area (TPSA) is 32.3 Å². The van der Waals surface area contributed by atoms with Gasteiger partial charge in [-0.1, -0.05) is 39.5 Å². The van der Waals surface area contributed by atoms with Gasteiger partial charge in [-0.3, -0.25) is 0 Å². The lowest BCUT2D eigenvalue weighted by atomic mass is 9.97. The average molecular weight is 227 g/mol. The van der Waals surface area contributed by atoms with Crippen molar-refractivity contribution in [3.8, 4) is 0 Å². The molecule has 96 valence electrons. The number of aliphatic hydroxyl groups is 1. The Morgan fingerprint density at radius 2 is 1.81 bits per heavy atom. The molecule has 2 N–H and O–H groups in total. The van der Waals surface area contributed by atoms with Crippen LogP contribution in [0.5, 0.6) is 0 Å². The second-order valence-corrected chi connectivity index (χ2v) is 5.96. The maximum atomic E-state index is 9.32. The Labute approximate surface area is 101 Å². The zero-order valence-electron chi connectivity index (χ0n) is 11.2. The molecule has 2 unspecified atom stereocenters. The van der Waals surface area contributed by atoms with E-state index in [1.807, 2.05) is 0 Å². The van der Waals surface area contributed by atoms with Crippen molar-refractivity contribution in [2.75, 3.05) is 6.61 Å². The van der Waals surface area contributed by atoms with E-state index < -0.39 is 0 Å². The molecule has 0 aromatic rings. The molecule has 0 bridgehead atoms. The van der Waals surface area contributed by atoms with E-state index in [-0.39, 0.29) is 12.6 Å². The fourth-order valence-electron chi connectivity index (χ4n) is 2.98. The molecule has 0 heterocycles. The lowest BCUT2D eigenvalue weighted by Crippen LogP contribution is -2.40. The van der Waals surface area contributed by atoms with Gasteiger partial charge < -0.3 is 10.4 Å². The zero-order valence-corrected chi connectivity index (χ0v) is 11.2. The van der Waals surface area contributed by atoms with Crippen molar-refractivity contribution in [2.45, 2.75) is 71.4 Å². The molecule has 1 aliphatic carbocycles. The molecular formula is C14H29NO. The maximum Gasteiger partial charge on any atom is 0.0584 e. The summed E-state index contributed by atoms with van der Waals surface area (Å²) in [6.07, 6.45) is 8.04. The summed E-state index contributed by atoms with van der Waals surface area (Å²) in [6.45, 7) is 6.96. The predicted molar refractivity (Wildman–Crippen MR) is 69.5 cm³/mol. The van der Waals surface area contributed by atoms with Crippen LogP contribution in [0.3, 0.4) is 0 Å². The van der Waals surface area contributed by atoms with E-state index in [4.69, 9.17) is 0 Å². The third-order valence-electron chi connectivity index (χ3n) is 3.66. The van der Waals surface area contributed by atoms with Gasteiger partial charge in [-0.15, -0.1) is 0 Å². The lowest BCUT2D eigenvalue weighted by Gasteiger charge is -2.25. The van der Waals surface area contributed by atoms with Crippen LogP contribution in [0.25, 0.3) is 0 Å². The smallest absolute Gasteiger partial charge is 0.0584 e. The minimum Gasteiger partial charge on any atom is -0.395 e. The first kappa shape index (κ1) is 14.0. The molecule has 0 spiro atoms. The minimum atomic E-state index is 0.271. The number of rotatable bonds is 7. The first-order valence-electron chi connectivity index (χ1n) is 6.98. The summed E-state index contributed by atoms with van der Waals surface area (Å²) in [7, 11) is 0. The van der Waals surface area contributed by atoms with Crippen LogP contribution < -0.4 is 5.32 Å². The van der Waals surface area contributed by atoms with Crippen LogP contribution in [0.15, 0.2) is 0 Å². The van der Waals surface area contributed by atoms with Gasteiger partial charge in [-0.2, -0.15) is 0 Å². The number of hydrogen-bond acceptors (Lipinski definition) is 2. The van der Waals surface area contributed by atoms with Gasteiger partial charge in [0, 0.05) is 12.1 Å². The Hall–Kier alpha value is -0.0800. The highest BCUT2D eigenvalue weighted by Gasteiger charge is 2.19. The molecule has 16 heavy (non-hydrogen) atoms. The molecule has 1 aliphatic rings. The summed E-state index contributed by atoms with van der Waals surface area (Å²) in [4.78, 5) is 0. The standard InChI is InChI=1S/C14H29NO/c1-11(2)8-14(10-16)15-12(3)9-13-6-4-5-7-13/h11-16H,4-10H2,1-3H3. The van der Waals surface area contributed by atoms with Crippen LogP contribution in [0.4, 0.5) is 0 Å². The van der Waals surface area contributed by atoms with E-state index in [1.54, 1.807) is 0 Å². The molecule has 0 aliphatic heterocycles. The van der Waals surface area contributed by atoms with Gasteiger partial charge in [0.05, 0.1) is 6.61 Å². The van der Waals surface area contributed by atoms with Crippen molar-refractivity contribution >= 4 is 0 Å². The van der Waals surface area contributed by atoms with E-state index in [0.717, 1.165) is 12.3 Å². The molecule has 1 rings (SSSR count). The van der Waals surface area contributed by atoms with Crippen molar-refractivity contribution < 1.29 is 5.11 Å². The van der Waals surface area contributed by atoms with Crippen LogP contribution in [0, 0.1) is 11.8 Å². The minimum absolute atomic E-state index is 0.271. The van der Waals surface area contributed by atoms with E-state index in [9.17, 15) is 5.11 Å². The molecule has 0 radical (unpaired) electrons. The van der Waals surface area contributed by atoms with Crippen LogP contribution >= 0.6 is 0 Å². The molecule has 2 atom stereocenters. The van der Waals surface area contributed by atoms with Gasteiger partial charge in [-0.05, 0) is 31.6 Å². The number of aliphatic hydroxyl groups excluding tert-OH is 1. The summed E-state index contributed by atoms with van der Waals surface area (Å²) in [5.41, 5.74) is 0. The van der Waals surface area contributed by atoms with Gasteiger partial charge in [0.15, 0.2) is 0 Å². The highest BCUT2D eigenvalue weighted by molar-refractivity contribution is 4.77. The van der Waals surface area contributed by atoms with Crippen LogP contribution in [-0.2, 0) is 0 Å². The molecule has 0 amide bonds. The molecule has 2 nitrogen and oxygen atoms in total. The zero-order chi connectivity index (χ0) is 12.0. The van der Waals surface area contributed by atoms with Crippen molar-refractivity contribution in [1.82, 2.24) is 5.32 Å². The molecule has 0 aromatic carbocycles. The second-order valence-electron chi connectivity index (χ2n) is 5.96. The summed E-state index contributed by atoms with van der Waals surface area (Å²) < 4.78 is 0. The fraction of sp³-hybridized carbons (Fsp3) is 1.00. The third kappa shape index (κ3) is 5.31. The average Bonchev–Trinajstić information content (AvgIpc) is 2.68. The molecule has 2 heteroatoms. The maximum absolute atomic E-state index is 9.32. The highest BCUT2D eigenvalue weighted by Crippen LogP contribution is 2.28. The SMILES string of the molecule is CC(C)CC(CO)NC(C)CC1CCCC1. The predicted octanol–water partition coefficient (Wildman–Crippen LogP) is 2.95. The third-order valence-corrected chi connectivity index (χ3v) is 3.66. The Morgan fingerprint density at radius 3 is 2.31 bits per heavy atom. The lowest BCUT2D eigenvalue weighted by molar-refractivity contribution is 0.208. The van der Waals surface area contributed by atoms with Gasteiger partial charge in [0.25, 0.3) is 0 Å². The first-order valence-corrected chi connectivity index (χ1v) is 6.98. The molecular weight excluding hydrogens is 198 g/mol. The van der Waals surface area contributed by atoms with E-state index in [1.165, 1.54) is 32.1 Å².